The van der Waals surface area contributed by atoms with Gasteiger partial charge in [0.1, 0.15) is 5.82 Å². The molecule has 86 valence electrons. The van der Waals surface area contributed by atoms with Crippen molar-refractivity contribution < 1.29 is 0 Å². The molecule has 0 amide bonds. The average molecular weight is 228 g/mol. The van der Waals surface area contributed by atoms with Gasteiger partial charge in [-0.2, -0.15) is 16.9 Å². The normalized spacial score (nSPS) is 12.8. The summed E-state index contributed by atoms with van der Waals surface area (Å²) < 4.78 is 1.82. The minimum Gasteiger partial charge on any atom is -0.394 e. The van der Waals surface area contributed by atoms with Crippen LogP contribution in [0.4, 0.5) is 11.5 Å². The second-order valence-corrected chi connectivity index (χ2v) is 4.60. The molecule has 1 aromatic rings. The molecule has 1 atom stereocenters. The Labute approximate surface area is 95.6 Å². The Bertz CT molecular complexity index is 321. The molecule has 4 nitrogen and oxygen atoms in total. The lowest BCUT2D eigenvalue weighted by Gasteiger charge is -2.14. The zero-order chi connectivity index (χ0) is 11.4. The van der Waals surface area contributed by atoms with Crippen LogP contribution in [0.5, 0.6) is 0 Å². The Morgan fingerprint density at radius 1 is 1.60 bits per heavy atom. The monoisotopic (exact) mass is 228 g/mol. The first-order valence-electron chi connectivity index (χ1n) is 5.16. The quantitative estimate of drug-likeness (QED) is 0.806. The van der Waals surface area contributed by atoms with Gasteiger partial charge in [-0.1, -0.05) is 6.92 Å². The Balaban J connectivity index is 2.80. The summed E-state index contributed by atoms with van der Waals surface area (Å²) in [6.45, 7) is 4.21. The van der Waals surface area contributed by atoms with E-state index in [2.05, 4.69) is 30.5 Å². The van der Waals surface area contributed by atoms with E-state index in [0.29, 0.717) is 6.04 Å². The molecule has 1 heterocycles. The molecule has 3 N–H and O–H groups in total. The summed E-state index contributed by atoms with van der Waals surface area (Å²) in [6.07, 6.45) is 2.97. The third kappa shape index (κ3) is 2.81. The van der Waals surface area contributed by atoms with E-state index in [-0.39, 0.29) is 0 Å². The van der Waals surface area contributed by atoms with Crippen LogP contribution in [0.3, 0.4) is 0 Å². The fraction of sp³-hybridized carbons (Fsp3) is 0.700. The van der Waals surface area contributed by atoms with Gasteiger partial charge < -0.3 is 11.1 Å². The lowest BCUT2D eigenvalue weighted by atomic mass is 10.3. The van der Waals surface area contributed by atoms with E-state index in [4.69, 9.17) is 5.73 Å². The summed E-state index contributed by atoms with van der Waals surface area (Å²) in [7, 11) is 1.92. The van der Waals surface area contributed by atoms with Crippen molar-refractivity contribution in [1.82, 2.24) is 9.78 Å². The number of nitrogens with zero attached hydrogens (tertiary/aromatic N) is 2. The van der Waals surface area contributed by atoms with E-state index in [1.807, 2.05) is 23.5 Å². The molecule has 1 aromatic heterocycles. The molecule has 0 radical (unpaired) electrons. The van der Waals surface area contributed by atoms with Crippen LogP contribution >= 0.6 is 11.8 Å². The lowest BCUT2D eigenvalue weighted by molar-refractivity contribution is 0.738. The van der Waals surface area contributed by atoms with Gasteiger partial charge in [0.05, 0.1) is 11.4 Å². The van der Waals surface area contributed by atoms with Crippen molar-refractivity contribution in [2.45, 2.75) is 26.3 Å². The van der Waals surface area contributed by atoms with Crippen LogP contribution in [0, 0.1) is 0 Å². The van der Waals surface area contributed by atoms with Crippen LogP contribution in [0.25, 0.3) is 0 Å². The topological polar surface area (TPSA) is 55.9 Å². The van der Waals surface area contributed by atoms with Crippen LogP contribution < -0.4 is 11.1 Å². The number of aryl methyl sites for hydroxylation is 2. The van der Waals surface area contributed by atoms with Crippen LogP contribution in [0.15, 0.2) is 0 Å². The summed E-state index contributed by atoms with van der Waals surface area (Å²) >= 11 is 1.82. The van der Waals surface area contributed by atoms with Gasteiger partial charge in [-0.25, -0.2) is 0 Å². The fourth-order valence-electron chi connectivity index (χ4n) is 1.55. The number of nitrogens with two attached hydrogens (primary N) is 1. The molecule has 0 spiro atoms. The van der Waals surface area contributed by atoms with E-state index < -0.39 is 0 Å². The van der Waals surface area contributed by atoms with Crippen molar-refractivity contribution in [2.75, 3.05) is 23.1 Å². The van der Waals surface area contributed by atoms with E-state index >= 15 is 0 Å². The Morgan fingerprint density at radius 2 is 2.27 bits per heavy atom. The number of anilines is 2. The van der Waals surface area contributed by atoms with Gasteiger partial charge in [-0.3, -0.25) is 4.68 Å². The third-order valence-electron chi connectivity index (χ3n) is 2.30. The molecule has 1 rings (SSSR count). The highest BCUT2D eigenvalue weighted by Gasteiger charge is 2.13. The molecule has 0 bridgehead atoms. The zero-order valence-corrected chi connectivity index (χ0v) is 10.7. The Morgan fingerprint density at radius 3 is 2.73 bits per heavy atom. The summed E-state index contributed by atoms with van der Waals surface area (Å²) in [6, 6.07) is 0.405. The van der Waals surface area contributed by atoms with E-state index in [1.54, 1.807) is 0 Å². The lowest BCUT2D eigenvalue weighted by Crippen LogP contribution is -2.20. The zero-order valence-electron chi connectivity index (χ0n) is 9.87. The second-order valence-electron chi connectivity index (χ2n) is 3.69. The number of thioether (sulfide) groups is 1. The van der Waals surface area contributed by atoms with Crippen molar-refractivity contribution in [1.29, 1.82) is 0 Å². The van der Waals surface area contributed by atoms with Crippen molar-refractivity contribution in [2.24, 2.45) is 7.05 Å². The predicted molar refractivity (Wildman–Crippen MR) is 68.5 cm³/mol. The highest BCUT2D eigenvalue weighted by molar-refractivity contribution is 7.98. The van der Waals surface area contributed by atoms with Crippen LogP contribution in [0.2, 0.25) is 0 Å². The number of nitrogen functional groups attached to an aromatic ring is 1. The summed E-state index contributed by atoms with van der Waals surface area (Å²) in [5, 5.41) is 7.75. The standard InChI is InChI=1S/C10H20N4S/c1-5-8-9(11)10(14(3)13-8)12-7(2)6-15-4/h7,12H,5-6,11H2,1-4H3. The first-order chi connectivity index (χ1) is 7.10. The maximum atomic E-state index is 6.01. The molecule has 0 aliphatic rings. The van der Waals surface area contributed by atoms with Crippen molar-refractivity contribution in [3.05, 3.63) is 5.69 Å². The third-order valence-corrected chi connectivity index (χ3v) is 3.13. The Hall–Kier alpha value is -0.840. The molecule has 0 saturated heterocycles. The molecule has 15 heavy (non-hydrogen) atoms. The number of nitrogens with one attached hydrogen (secondary N) is 1. The Kier molecular flexibility index (Phi) is 4.32. The highest BCUT2D eigenvalue weighted by Crippen LogP contribution is 2.23. The smallest absolute Gasteiger partial charge is 0.148 e. The van der Waals surface area contributed by atoms with Gasteiger partial charge in [0.25, 0.3) is 0 Å². The average Bonchev–Trinajstić information content (AvgIpc) is 2.45. The summed E-state index contributed by atoms with van der Waals surface area (Å²) in [5.41, 5.74) is 7.76. The van der Waals surface area contributed by atoms with E-state index in [9.17, 15) is 0 Å². The van der Waals surface area contributed by atoms with Crippen LogP contribution in [-0.2, 0) is 13.5 Å². The predicted octanol–water partition coefficient (Wildman–Crippen LogP) is 1.73. The molecule has 5 heteroatoms. The van der Waals surface area contributed by atoms with E-state index in [0.717, 1.165) is 29.4 Å². The second kappa shape index (κ2) is 5.30. The van der Waals surface area contributed by atoms with Gasteiger partial charge in [0, 0.05) is 18.8 Å². The SMILES string of the molecule is CCc1nn(C)c(NC(C)CSC)c1N. The van der Waals surface area contributed by atoms with Crippen molar-refractivity contribution in [3.63, 3.8) is 0 Å². The molecular formula is C10H20N4S. The molecule has 0 aliphatic heterocycles. The molecule has 0 aromatic carbocycles. The minimum atomic E-state index is 0.405. The number of hydrogen-bond donors (Lipinski definition) is 2. The largest absolute Gasteiger partial charge is 0.394 e. The van der Waals surface area contributed by atoms with Crippen molar-refractivity contribution >= 4 is 23.3 Å². The van der Waals surface area contributed by atoms with Crippen LogP contribution in [0.1, 0.15) is 19.5 Å². The van der Waals surface area contributed by atoms with E-state index in [1.165, 1.54) is 0 Å². The highest BCUT2D eigenvalue weighted by atomic mass is 32.2. The summed E-state index contributed by atoms with van der Waals surface area (Å²) in [5.74, 6) is 2.00. The molecule has 1 unspecified atom stereocenters. The maximum absolute atomic E-state index is 6.01. The van der Waals surface area contributed by atoms with Gasteiger partial charge in [-0.05, 0) is 19.6 Å². The van der Waals surface area contributed by atoms with Gasteiger partial charge in [0.15, 0.2) is 0 Å². The maximum Gasteiger partial charge on any atom is 0.148 e. The molecular weight excluding hydrogens is 208 g/mol. The molecule has 0 saturated carbocycles. The molecule has 0 aliphatic carbocycles. The fourth-order valence-corrected chi connectivity index (χ4v) is 2.14. The van der Waals surface area contributed by atoms with Gasteiger partial charge in [-0.15, -0.1) is 0 Å². The number of aromatic nitrogens is 2. The van der Waals surface area contributed by atoms with Gasteiger partial charge >= 0.3 is 0 Å². The minimum absolute atomic E-state index is 0.405. The van der Waals surface area contributed by atoms with Crippen molar-refractivity contribution in [3.8, 4) is 0 Å². The summed E-state index contributed by atoms with van der Waals surface area (Å²) in [4.78, 5) is 0. The van der Waals surface area contributed by atoms with Gasteiger partial charge in [0.2, 0.25) is 0 Å². The first kappa shape index (κ1) is 12.2. The first-order valence-corrected chi connectivity index (χ1v) is 6.56. The number of rotatable bonds is 5. The molecule has 0 fully saturated rings. The number of hydrogen-bond acceptors (Lipinski definition) is 4. The van der Waals surface area contributed by atoms with Crippen LogP contribution in [-0.4, -0.2) is 27.8 Å².